The summed E-state index contributed by atoms with van der Waals surface area (Å²) >= 11 is 0. The normalized spacial score (nSPS) is 12.4. The monoisotopic (exact) mass is 362 g/mol. The summed E-state index contributed by atoms with van der Waals surface area (Å²) < 4.78 is 38.8. The van der Waals surface area contributed by atoms with Crippen molar-refractivity contribution in [3.8, 4) is 5.69 Å². The van der Waals surface area contributed by atoms with E-state index in [4.69, 9.17) is 5.73 Å². The molecule has 1 heterocycles. The predicted octanol–water partition coefficient (Wildman–Crippen LogP) is 2.78. The van der Waals surface area contributed by atoms with Gasteiger partial charge >= 0.3 is 6.18 Å². The molecule has 1 amide bonds. The van der Waals surface area contributed by atoms with Gasteiger partial charge in [0.2, 0.25) is 0 Å². The highest BCUT2D eigenvalue weighted by atomic mass is 35.5. The molecule has 5 nitrogen and oxygen atoms in total. The first-order chi connectivity index (χ1) is 10.8. The Morgan fingerprint density at radius 1 is 1.38 bits per heavy atom. The SMILES string of the molecule is CC(N)CCNC(=O)c1cccc(-n2ccc(C(F)(F)F)n2)c1.Cl. The van der Waals surface area contributed by atoms with Crippen molar-refractivity contribution < 1.29 is 18.0 Å². The first kappa shape index (κ1) is 20.0. The minimum atomic E-state index is -4.50. The highest BCUT2D eigenvalue weighted by molar-refractivity contribution is 5.94. The van der Waals surface area contributed by atoms with E-state index < -0.39 is 11.9 Å². The number of hydrogen-bond donors (Lipinski definition) is 2. The molecule has 0 radical (unpaired) electrons. The number of alkyl halides is 3. The predicted molar refractivity (Wildman–Crippen MR) is 86.4 cm³/mol. The van der Waals surface area contributed by atoms with Crippen LogP contribution in [-0.2, 0) is 6.18 Å². The van der Waals surface area contributed by atoms with Gasteiger partial charge in [-0.25, -0.2) is 4.68 Å². The van der Waals surface area contributed by atoms with Crippen LogP contribution in [0.2, 0.25) is 0 Å². The molecule has 1 atom stereocenters. The third kappa shape index (κ3) is 5.24. The topological polar surface area (TPSA) is 72.9 Å². The lowest BCUT2D eigenvalue weighted by Gasteiger charge is -2.09. The number of benzene rings is 1. The molecule has 0 aliphatic rings. The first-order valence-corrected chi connectivity index (χ1v) is 7.04. The lowest BCUT2D eigenvalue weighted by molar-refractivity contribution is -0.141. The summed E-state index contributed by atoms with van der Waals surface area (Å²) in [5, 5.41) is 6.19. The zero-order valence-electron chi connectivity index (χ0n) is 12.9. The van der Waals surface area contributed by atoms with Gasteiger partial charge < -0.3 is 11.1 Å². The second-order valence-electron chi connectivity index (χ2n) is 5.22. The smallest absolute Gasteiger partial charge is 0.352 e. The average molecular weight is 363 g/mol. The average Bonchev–Trinajstić information content (AvgIpc) is 2.97. The molecule has 1 aromatic carbocycles. The number of halogens is 4. The Morgan fingerprint density at radius 2 is 2.08 bits per heavy atom. The van der Waals surface area contributed by atoms with Gasteiger partial charge in [-0.3, -0.25) is 4.79 Å². The van der Waals surface area contributed by atoms with E-state index in [2.05, 4.69) is 10.4 Å². The van der Waals surface area contributed by atoms with Gasteiger partial charge in [0.25, 0.3) is 5.91 Å². The Balaban J connectivity index is 0.00000288. The maximum absolute atomic E-state index is 12.6. The van der Waals surface area contributed by atoms with Crippen LogP contribution in [0.1, 0.15) is 29.4 Å². The van der Waals surface area contributed by atoms with Crippen molar-refractivity contribution in [3.05, 3.63) is 47.8 Å². The van der Waals surface area contributed by atoms with Crippen molar-refractivity contribution in [2.75, 3.05) is 6.54 Å². The minimum absolute atomic E-state index is 0. The molecule has 132 valence electrons. The number of nitrogens with one attached hydrogen (secondary N) is 1. The number of amides is 1. The third-order valence-electron chi connectivity index (χ3n) is 3.14. The summed E-state index contributed by atoms with van der Waals surface area (Å²) in [4.78, 5) is 12.0. The Labute approximate surface area is 143 Å². The largest absolute Gasteiger partial charge is 0.435 e. The van der Waals surface area contributed by atoms with Crippen LogP contribution >= 0.6 is 12.4 Å². The van der Waals surface area contributed by atoms with Gasteiger partial charge in [0.15, 0.2) is 5.69 Å². The molecule has 3 N–H and O–H groups in total. The summed E-state index contributed by atoms with van der Waals surface area (Å²) in [7, 11) is 0. The molecule has 1 aromatic heterocycles. The standard InChI is InChI=1S/C15H17F3N4O.ClH/c1-10(19)5-7-20-14(23)11-3-2-4-12(9-11)22-8-6-13(21-22)15(16,17)18;/h2-4,6,8-10H,5,7,19H2,1H3,(H,20,23);1H. The van der Waals surface area contributed by atoms with Gasteiger partial charge in [-0.05, 0) is 37.6 Å². The molecule has 0 saturated carbocycles. The van der Waals surface area contributed by atoms with Crippen LogP contribution in [0.15, 0.2) is 36.5 Å². The molecular formula is C15H18ClF3N4O. The zero-order chi connectivity index (χ0) is 17.0. The number of nitrogens with two attached hydrogens (primary N) is 1. The van der Waals surface area contributed by atoms with Crippen LogP contribution in [0.25, 0.3) is 5.69 Å². The summed E-state index contributed by atoms with van der Waals surface area (Å²) in [6.07, 6.45) is -2.66. The quantitative estimate of drug-likeness (QED) is 0.859. The minimum Gasteiger partial charge on any atom is -0.352 e. The Bertz CT molecular complexity index is 685. The van der Waals surface area contributed by atoms with Gasteiger partial charge in [0.1, 0.15) is 0 Å². The van der Waals surface area contributed by atoms with E-state index in [0.29, 0.717) is 24.2 Å². The highest BCUT2D eigenvalue weighted by Crippen LogP contribution is 2.27. The van der Waals surface area contributed by atoms with E-state index in [1.165, 1.54) is 12.3 Å². The maximum atomic E-state index is 12.6. The Kier molecular flexibility index (Phi) is 6.80. The molecule has 0 aliphatic carbocycles. The fourth-order valence-electron chi connectivity index (χ4n) is 1.92. The second kappa shape index (κ2) is 8.16. The first-order valence-electron chi connectivity index (χ1n) is 7.04. The molecule has 0 fully saturated rings. The molecule has 1 unspecified atom stereocenters. The highest BCUT2D eigenvalue weighted by Gasteiger charge is 2.33. The van der Waals surface area contributed by atoms with Crippen LogP contribution in [0, 0.1) is 0 Å². The van der Waals surface area contributed by atoms with Crippen molar-refractivity contribution in [2.45, 2.75) is 25.6 Å². The van der Waals surface area contributed by atoms with Gasteiger partial charge in [0.05, 0.1) is 5.69 Å². The lowest BCUT2D eigenvalue weighted by atomic mass is 10.2. The van der Waals surface area contributed by atoms with E-state index in [9.17, 15) is 18.0 Å². The fourth-order valence-corrected chi connectivity index (χ4v) is 1.92. The van der Waals surface area contributed by atoms with Crippen molar-refractivity contribution in [1.29, 1.82) is 0 Å². The van der Waals surface area contributed by atoms with E-state index in [0.717, 1.165) is 10.7 Å². The molecule has 2 aromatic rings. The number of nitrogens with zero attached hydrogens (tertiary/aromatic N) is 2. The van der Waals surface area contributed by atoms with E-state index in [-0.39, 0.29) is 24.4 Å². The summed E-state index contributed by atoms with van der Waals surface area (Å²) in [5.41, 5.74) is 5.34. The molecule has 0 aliphatic heterocycles. The number of carbonyl (C=O) groups is 1. The van der Waals surface area contributed by atoms with Gasteiger partial charge in [-0.2, -0.15) is 18.3 Å². The van der Waals surface area contributed by atoms with Gasteiger partial charge in [-0.1, -0.05) is 6.07 Å². The number of hydrogen-bond acceptors (Lipinski definition) is 3. The van der Waals surface area contributed by atoms with E-state index in [1.54, 1.807) is 18.2 Å². The Hall–Kier alpha value is -2.06. The fraction of sp³-hybridized carbons (Fsp3) is 0.333. The van der Waals surface area contributed by atoms with E-state index in [1.807, 2.05) is 6.92 Å². The number of carbonyl (C=O) groups excluding carboxylic acids is 1. The molecule has 2 rings (SSSR count). The van der Waals surface area contributed by atoms with Crippen LogP contribution in [0.3, 0.4) is 0 Å². The van der Waals surface area contributed by atoms with Gasteiger partial charge in [0, 0.05) is 24.3 Å². The molecule has 0 bridgehead atoms. The molecule has 0 spiro atoms. The van der Waals surface area contributed by atoms with Crippen LogP contribution in [-0.4, -0.2) is 28.3 Å². The summed E-state index contributed by atoms with van der Waals surface area (Å²) in [5.74, 6) is -0.310. The summed E-state index contributed by atoms with van der Waals surface area (Å²) in [6.45, 7) is 2.27. The van der Waals surface area contributed by atoms with Crippen molar-refractivity contribution in [3.63, 3.8) is 0 Å². The van der Waals surface area contributed by atoms with Crippen LogP contribution in [0.4, 0.5) is 13.2 Å². The summed E-state index contributed by atoms with van der Waals surface area (Å²) in [6, 6.07) is 7.09. The molecule has 9 heteroatoms. The van der Waals surface area contributed by atoms with Crippen LogP contribution < -0.4 is 11.1 Å². The van der Waals surface area contributed by atoms with Crippen molar-refractivity contribution >= 4 is 18.3 Å². The number of rotatable bonds is 5. The zero-order valence-corrected chi connectivity index (χ0v) is 13.7. The maximum Gasteiger partial charge on any atom is 0.435 e. The van der Waals surface area contributed by atoms with Crippen molar-refractivity contribution in [2.24, 2.45) is 5.73 Å². The third-order valence-corrected chi connectivity index (χ3v) is 3.14. The van der Waals surface area contributed by atoms with Crippen LogP contribution in [0.5, 0.6) is 0 Å². The lowest BCUT2D eigenvalue weighted by Crippen LogP contribution is -2.29. The molecular weight excluding hydrogens is 345 g/mol. The number of aromatic nitrogens is 2. The Morgan fingerprint density at radius 3 is 2.67 bits per heavy atom. The molecule has 24 heavy (non-hydrogen) atoms. The molecule has 0 saturated heterocycles. The van der Waals surface area contributed by atoms with E-state index >= 15 is 0 Å². The second-order valence-corrected chi connectivity index (χ2v) is 5.22. The van der Waals surface area contributed by atoms with Crippen molar-refractivity contribution in [1.82, 2.24) is 15.1 Å². The van der Waals surface area contributed by atoms with Gasteiger partial charge in [-0.15, -0.1) is 12.4 Å².